The Balaban J connectivity index is 3.65. The van der Waals surface area contributed by atoms with Gasteiger partial charge in [-0.05, 0) is 0 Å². The molecule has 0 aromatic heterocycles. The van der Waals surface area contributed by atoms with Gasteiger partial charge < -0.3 is 4.52 Å². The standard InChI is InChI=1S/C5H8NO4P/c1-2-9-11(7,8)10-5-3-4-6/h2H,1,3,5H2,(H,7,8). The van der Waals surface area contributed by atoms with Crippen molar-refractivity contribution in [3.63, 3.8) is 0 Å². The summed E-state index contributed by atoms with van der Waals surface area (Å²) in [6.07, 6.45) is 0.859. The van der Waals surface area contributed by atoms with Gasteiger partial charge in [0.1, 0.15) is 0 Å². The van der Waals surface area contributed by atoms with E-state index in [0.717, 1.165) is 6.26 Å². The molecule has 0 heterocycles. The third-order valence-electron chi connectivity index (χ3n) is 0.676. The third kappa shape index (κ3) is 5.62. The number of phosphoric acid groups is 1. The molecule has 0 aromatic carbocycles. The van der Waals surface area contributed by atoms with E-state index in [-0.39, 0.29) is 13.0 Å². The summed E-state index contributed by atoms with van der Waals surface area (Å²) in [5, 5.41) is 8.03. The van der Waals surface area contributed by atoms with E-state index in [1.54, 1.807) is 6.07 Å². The van der Waals surface area contributed by atoms with Crippen LogP contribution in [0.3, 0.4) is 0 Å². The average molecular weight is 177 g/mol. The minimum atomic E-state index is -3.99. The van der Waals surface area contributed by atoms with Gasteiger partial charge in [-0.1, -0.05) is 6.58 Å². The summed E-state index contributed by atoms with van der Waals surface area (Å²) in [5.41, 5.74) is 0. The first-order valence-corrected chi connectivity index (χ1v) is 4.25. The van der Waals surface area contributed by atoms with Crippen LogP contribution in [0.1, 0.15) is 6.42 Å². The summed E-state index contributed by atoms with van der Waals surface area (Å²) < 4.78 is 19.0. The first-order chi connectivity index (χ1) is 5.12. The fourth-order valence-corrected chi connectivity index (χ4v) is 0.903. The van der Waals surface area contributed by atoms with Crippen molar-refractivity contribution in [1.82, 2.24) is 0 Å². The van der Waals surface area contributed by atoms with Crippen molar-refractivity contribution in [3.05, 3.63) is 12.8 Å². The maximum atomic E-state index is 10.6. The monoisotopic (exact) mass is 177 g/mol. The fourth-order valence-electron chi connectivity index (χ4n) is 0.331. The molecule has 0 radical (unpaired) electrons. The fraction of sp³-hybridized carbons (Fsp3) is 0.400. The molecular weight excluding hydrogens is 169 g/mol. The quantitative estimate of drug-likeness (QED) is 0.387. The minimum absolute atomic E-state index is 0.0467. The number of nitriles is 1. The van der Waals surface area contributed by atoms with Crippen LogP contribution in [-0.2, 0) is 13.6 Å². The molecule has 62 valence electrons. The van der Waals surface area contributed by atoms with Gasteiger partial charge in [0.05, 0.1) is 25.4 Å². The van der Waals surface area contributed by atoms with Crippen LogP contribution in [0, 0.1) is 11.3 Å². The molecule has 0 spiro atoms. The van der Waals surface area contributed by atoms with Crippen molar-refractivity contribution in [3.8, 4) is 6.07 Å². The van der Waals surface area contributed by atoms with Crippen molar-refractivity contribution >= 4 is 7.82 Å². The van der Waals surface area contributed by atoms with Gasteiger partial charge in [0.2, 0.25) is 0 Å². The van der Waals surface area contributed by atoms with Crippen molar-refractivity contribution in [2.24, 2.45) is 0 Å². The molecule has 0 saturated heterocycles. The van der Waals surface area contributed by atoms with Crippen LogP contribution in [0.4, 0.5) is 0 Å². The molecule has 5 nitrogen and oxygen atoms in total. The van der Waals surface area contributed by atoms with Crippen LogP contribution in [0.2, 0.25) is 0 Å². The zero-order chi connectivity index (χ0) is 8.74. The SMILES string of the molecule is C=COP(=O)(O)OCCC#N. The third-order valence-corrected chi connectivity index (χ3v) is 1.60. The van der Waals surface area contributed by atoms with Crippen LogP contribution < -0.4 is 0 Å². The lowest BCUT2D eigenvalue weighted by molar-refractivity contribution is 0.191. The molecule has 11 heavy (non-hydrogen) atoms. The molecule has 6 heteroatoms. The highest BCUT2D eigenvalue weighted by Crippen LogP contribution is 2.43. The molecule has 0 rings (SSSR count). The molecule has 1 unspecified atom stereocenters. The Kier molecular flexibility index (Phi) is 4.55. The first-order valence-electron chi connectivity index (χ1n) is 2.76. The lowest BCUT2D eigenvalue weighted by Gasteiger charge is -2.07. The van der Waals surface area contributed by atoms with Crippen LogP contribution in [0.25, 0.3) is 0 Å². The van der Waals surface area contributed by atoms with E-state index in [0.29, 0.717) is 0 Å². The zero-order valence-corrected chi connectivity index (χ0v) is 6.66. The second-order valence-electron chi connectivity index (χ2n) is 1.48. The number of hydrogen-bond acceptors (Lipinski definition) is 4. The average Bonchev–Trinajstić information content (AvgIpc) is 1.87. The maximum absolute atomic E-state index is 10.6. The molecule has 0 bridgehead atoms. The molecule has 0 aromatic rings. The van der Waals surface area contributed by atoms with Crippen LogP contribution in [-0.4, -0.2) is 11.5 Å². The van der Waals surface area contributed by atoms with Gasteiger partial charge in [-0.2, -0.15) is 5.26 Å². The molecule has 0 aliphatic rings. The molecule has 1 atom stereocenters. The smallest absolute Gasteiger partial charge is 0.413 e. The molecule has 0 aliphatic carbocycles. The summed E-state index contributed by atoms with van der Waals surface area (Å²) in [5.74, 6) is 0. The molecule has 0 amide bonds. The predicted octanol–water partition coefficient (Wildman–Crippen LogP) is 1.18. The van der Waals surface area contributed by atoms with E-state index in [2.05, 4.69) is 15.6 Å². The summed E-state index contributed by atoms with van der Waals surface area (Å²) in [4.78, 5) is 8.67. The number of hydrogen-bond donors (Lipinski definition) is 1. The predicted molar refractivity (Wildman–Crippen MR) is 37.3 cm³/mol. The van der Waals surface area contributed by atoms with Gasteiger partial charge in [-0.25, -0.2) is 4.57 Å². The highest BCUT2D eigenvalue weighted by Gasteiger charge is 2.19. The van der Waals surface area contributed by atoms with E-state index in [9.17, 15) is 4.57 Å². The Morgan fingerprint density at radius 2 is 2.45 bits per heavy atom. The Labute approximate surface area is 64.5 Å². The van der Waals surface area contributed by atoms with Crippen LogP contribution in [0.5, 0.6) is 0 Å². The Morgan fingerprint density at radius 1 is 1.82 bits per heavy atom. The first kappa shape index (κ1) is 10.2. The Bertz CT molecular complexity index is 209. The van der Waals surface area contributed by atoms with Gasteiger partial charge in [-0.3, -0.25) is 9.42 Å². The van der Waals surface area contributed by atoms with Gasteiger partial charge in [0, 0.05) is 0 Å². The molecule has 0 fully saturated rings. The lowest BCUT2D eigenvalue weighted by Crippen LogP contribution is -1.92. The van der Waals surface area contributed by atoms with E-state index < -0.39 is 7.82 Å². The number of phosphoric ester groups is 1. The molecule has 0 aliphatic heterocycles. The largest absolute Gasteiger partial charge is 0.526 e. The highest BCUT2D eigenvalue weighted by atomic mass is 31.2. The van der Waals surface area contributed by atoms with Crippen LogP contribution >= 0.6 is 7.82 Å². The van der Waals surface area contributed by atoms with Crippen LogP contribution in [0.15, 0.2) is 12.8 Å². The topological polar surface area (TPSA) is 79.6 Å². The maximum Gasteiger partial charge on any atom is 0.526 e. The number of rotatable bonds is 5. The summed E-state index contributed by atoms with van der Waals surface area (Å²) >= 11 is 0. The van der Waals surface area contributed by atoms with Crippen molar-refractivity contribution in [2.75, 3.05) is 6.61 Å². The van der Waals surface area contributed by atoms with Gasteiger partial charge in [-0.15, -0.1) is 0 Å². The molecule has 0 saturated carbocycles. The minimum Gasteiger partial charge on any atom is -0.413 e. The summed E-state index contributed by atoms with van der Waals surface area (Å²) in [7, 11) is -3.99. The van der Waals surface area contributed by atoms with Gasteiger partial charge in [0.25, 0.3) is 0 Å². The van der Waals surface area contributed by atoms with Crippen molar-refractivity contribution < 1.29 is 18.5 Å². The lowest BCUT2D eigenvalue weighted by atomic mass is 10.5. The number of nitrogens with zero attached hydrogens (tertiary/aromatic N) is 1. The molecular formula is C5H8NO4P. The second kappa shape index (κ2) is 4.91. The molecule has 1 N–H and O–H groups in total. The van der Waals surface area contributed by atoms with Crippen molar-refractivity contribution in [1.29, 1.82) is 5.26 Å². The second-order valence-corrected chi connectivity index (χ2v) is 2.89. The van der Waals surface area contributed by atoms with Gasteiger partial charge in [0.15, 0.2) is 0 Å². The Hall–Kier alpha value is -0.820. The normalized spacial score (nSPS) is 14.5. The highest BCUT2D eigenvalue weighted by molar-refractivity contribution is 7.47. The zero-order valence-electron chi connectivity index (χ0n) is 5.77. The van der Waals surface area contributed by atoms with E-state index in [1.165, 1.54) is 0 Å². The van der Waals surface area contributed by atoms with E-state index in [1.807, 2.05) is 0 Å². The van der Waals surface area contributed by atoms with Gasteiger partial charge >= 0.3 is 7.82 Å². The Morgan fingerprint density at radius 3 is 2.91 bits per heavy atom. The van der Waals surface area contributed by atoms with Crippen molar-refractivity contribution in [2.45, 2.75) is 6.42 Å². The van der Waals surface area contributed by atoms with E-state index in [4.69, 9.17) is 10.2 Å². The summed E-state index contributed by atoms with van der Waals surface area (Å²) in [6.45, 7) is 2.95. The summed E-state index contributed by atoms with van der Waals surface area (Å²) in [6, 6.07) is 1.74. The van der Waals surface area contributed by atoms with E-state index >= 15 is 0 Å².